The molecular weight excluding hydrogens is 156 g/mol. The summed E-state index contributed by atoms with van der Waals surface area (Å²) >= 11 is 0. The van der Waals surface area contributed by atoms with E-state index < -0.39 is 21.5 Å². The smallest absolute Gasteiger partial charge is 0.272 e. The van der Waals surface area contributed by atoms with Crippen molar-refractivity contribution in [1.29, 1.82) is 0 Å². The average Bonchev–Trinajstić information content (AvgIpc) is 1.84. The van der Waals surface area contributed by atoms with Crippen molar-refractivity contribution in [3.63, 3.8) is 0 Å². The SMILES string of the molecule is CCC(C)(CO)S(=O)(=O)O. The summed E-state index contributed by atoms with van der Waals surface area (Å²) in [6.07, 6.45) is 0.197. The fourth-order valence-corrected chi connectivity index (χ4v) is 0.904. The lowest BCUT2D eigenvalue weighted by Gasteiger charge is -2.20. The van der Waals surface area contributed by atoms with Crippen LogP contribution in [0.1, 0.15) is 20.3 Å². The van der Waals surface area contributed by atoms with Crippen LogP contribution in [0.3, 0.4) is 0 Å². The molecule has 0 aromatic carbocycles. The molecule has 0 aliphatic rings. The molecule has 0 rings (SSSR count). The Hall–Kier alpha value is -0.130. The summed E-state index contributed by atoms with van der Waals surface area (Å²) in [4.78, 5) is 0. The van der Waals surface area contributed by atoms with Gasteiger partial charge in [0.25, 0.3) is 10.1 Å². The van der Waals surface area contributed by atoms with E-state index in [9.17, 15) is 8.42 Å². The Bertz CT molecular complexity index is 190. The highest BCUT2D eigenvalue weighted by Gasteiger charge is 2.35. The van der Waals surface area contributed by atoms with Crippen molar-refractivity contribution in [1.82, 2.24) is 0 Å². The third-order valence-electron chi connectivity index (χ3n) is 1.71. The fraction of sp³-hybridized carbons (Fsp3) is 1.00. The van der Waals surface area contributed by atoms with Crippen LogP contribution in [0.4, 0.5) is 0 Å². The zero-order chi connectivity index (χ0) is 8.41. The molecule has 0 fully saturated rings. The third-order valence-corrected chi connectivity index (χ3v) is 3.37. The van der Waals surface area contributed by atoms with Gasteiger partial charge in [0.15, 0.2) is 0 Å². The largest absolute Gasteiger partial charge is 0.395 e. The second kappa shape index (κ2) is 2.86. The maximum atomic E-state index is 10.5. The molecule has 0 radical (unpaired) electrons. The van der Waals surface area contributed by atoms with Crippen molar-refractivity contribution in [3.8, 4) is 0 Å². The van der Waals surface area contributed by atoms with Crippen LogP contribution in [0.5, 0.6) is 0 Å². The summed E-state index contributed by atoms with van der Waals surface area (Å²) in [6.45, 7) is 2.33. The quantitative estimate of drug-likeness (QED) is 0.583. The van der Waals surface area contributed by atoms with Crippen LogP contribution in [0, 0.1) is 0 Å². The molecule has 0 heterocycles. The van der Waals surface area contributed by atoms with E-state index in [1.807, 2.05) is 0 Å². The second-order valence-electron chi connectivity index (χ2n) is 2.44. The zero-order valence-corrected chi connectivity index (χ0v) is 6.85. The summed E-state index contributed by atoms with van der Waals surface area (Å²) in [6, 6.07) is 0. The molecule has 0 bridgehead atoms. The normalized spacial score (nSPS) is 18.4. The van der Waals surface area contributed by atoms with Crippen LogP contribution < -0.4 is 0 Å². The summed E-state index contributed by atoms with van der Waals surface area (Å²) < 4.78 is 28.2. The fourth-order valence-electron chi connectivity index (χ4n) is 0.376. The highest BCUT2D eigenvalue weighted by molar-refractivity contribution is 7.87. The van der Waals surface area contributed by atoms with Crippen molar-refractivity contribution >= 4 is 10.1 Å². The van der Waals surface area contributed by atoms with Crippen molar-refractivity contribution in [2.45, 2.75) is 25.0 Å². The molecule has 0 aromatic rings. The van der Waals surface area contributed by atoms with E-state index >= 15 is 0 Å². The van der Waals surface area contributed by atoms with E-state index in [1.165, 1.54) is 6.92 Å². The Labute approximate surface area is 60.6 Å². The van der Waals surface area contributed by atoms with Gasteiger partial charge in [-0.1, -0.05) is 6.92 Å². The van der Waals surface area contributed by atoms with Gasteiger partial charge < -0.3 is 5.11 Å². The minimum atomic E-state index is -4.11. The van der Waals surface area contributed by atoms with Crippen LogP contribution in [-0.2, 0) is 10.1 Å². The first kappa shape index (κ1) is 9.87. The summed E-state index contributed by atoms with van der Waals surface area (Å²) in [5.74, 6) is 0. The Balaban J connectivity index is 4.68. The first-order valence-corrected chi connectivity index (χ1v) is 4.39. The van der Waals surface area contributed by atoms with Crippen LogP contribution >= 0.6 is 0 Å². The van der Waals surface area contributed by atoms with Crippen LogP contribution in [0.25, 0.3) is 0 Å². The summed E-state index contributed by atoms with van der Waals surface area (Å²) in [5, 5.41) is 8.58. The molecule has 0 aromatic heterocycles. The van der Waals surface area contributed by atoms with Crippen molar-refractivity contribution in [2.24, 2.45) is 0 Å². The second-order valence-corrected chi connectivity index (χ2v) is 4.37. The Kier molecular flexibility index (Phi) is 2.82. The van der Waals surface area contributed by atoms with E-state index in [4.69, 9.17) is 9.66 Å². The van der Waals surface area contributed by atoms with E-state index in [-0.39, 0.29) is 6.42 Å². The predicted octanol–water partition coefficient (Wildman–Crippen LogP) is 0.0352. The number of aliphatic hydroxyl groups excluding tert-OH is 1. The molecule has 10 heavy (non-hydrogen) atoms. The lowest BCUT2D eigenvalue weighted by molar-refractivity contribution is 0.237. The molecule has 0 saturated carbocycles. The first-order valence-electron chi connectivity index (χ1n) is 2.95. The third kappa shape index (κ3) is 1.68. The molecular formula is C5H12O4S. The molecule has 1 unspecified atom stereocenters. The molecule has 1 atom stereocenters. The van der Waals surface area contributed by atoms with E-state index in [1.54, 1.807) is 6.92 Å². The molecule has 2 N–H and O–H groups in total. The van der Waals surface area contributed by atoms with E-state index in [0.717, 1.165) is 0 Å². The monoisotopic (exact) mass is 168 g/mol. The lowest BCUT2D eigenvalue weighted by atomic mass is 10.1. The molecule has 0 aliphatic heterocycles. The summed E-state index contributed by atoms with van der Waals surface area (Å²) in [7, 11) is -4.11. The Morgan fingerprint density at radius 2 is 1.90 bits per heavy atom. The van der Waals surface area contributed by atoms with Gasteiger partial charge in [0.1, 0.15) is 4.75 Å². The van der Waals surface area contributed by atoms with Gasteiger partial charge in [0.2, 0.25) is 0 Å². The zero-order valence-electron chi connectivity index (χ0n) is 6.03. The van der Waals surface area contributed by atoms with Crippen molar-refractivity contribution in [3.05, 3.63) is 0 Å². The van der Waals surface area contributed by atoms with Crippen LogP contribution in [-0.4, -0.2) is 29.4 Å². The molecule has 0 amide bonds. The van der Waals surface area contributed by atoms with Gasteiger partial charge in [-0.2, -0.15) is 8.42 Å². The maximum Gasteiger partial charge on any atom is 0.272 e. The molecule has 0 spiro atoms. The number of hydrogen-bond donors (Lipinski definition) is 2. The van der Waals surface area contributed by atoms with E-state index in [2.05, 4.69) is 0 Å². The van der Waals surface area contributed by atoms with Gasteiger partial charge in [-0.15, -0.1) is 0 Å². The maximum absolute atomic E-state index is 10.5. The topological polar surface area (TPSA) is 74.6 Å². The highest BCUT2D eigenvalue weighted by atomic mass is 32.2. The predicted molar refractivity (Wildman–Crippen MR) is 37.3 cm³/mol. The average molecular weight is 168 g/mol. The Morgan fingerprint density at radius 1 is 1.50 bits per heavy atom. The van der Waals surface area contributed by atoms with Crippen LogP contribution in [0.2, 0.25) is 0 Å². The van der Waals surface area contributed by atoms with Gasteiger partial charge >= 0.3 is 0 Å². The van der Waals surface area contributed by atoms with Gasteiger partial charge in [-0.3, -0.25) is 4.55 Å². The number of aliphatic hydroxyl groups is 1. The highest BCUT2D eigenvalue weighted by Crippen LogP contribution is 2.18. The minimum absolute atomic E-state index is 0.197. The lowest BCUT2D eigenvalue weighted by Crippen LogP contribution is -2.37. The van der Waals surface area contributed by atoms with Gasteiger partial charge in [-0.25, -0.2) is 0 Å². The van der Waals surface area contributed by atoms with Gasteiger partial charge in [0, 0.05) is 0 Å². The molecule has 4 nitrogen and oxygen atoms in total. The van der Waals surface area contributed by atoms with Crippen molar-refractivity contribution in [2.75, 3.05) is 6.61 Å². The molecule has 62 valence electrons. The molecule has 0 saturated heterocycles. The molecule has 0 aliphatic carbocycles. The number of rotatable bonds is 3. The standard InChI is InChI=1S/C5H12O4S/c1-3-5(2,4-6)10(7,8)9/h6H,3-4H2,1-2H3,(H,7,8,9). The van der Waals surface area contributed by atoms with Crippen LogP contribution in [0.15, 0.2) is 0 Å². The van der Waals surface area contributed by atoms with E-state index in [0.29, 0.717) is 0 Å². The van der Waals surface area contributed by atoms with Crippen molar-refractivity contribution < 1.29 is 18.1 Å². The summed E-state index contributed by atoms with van der Waals surface area (Å²) in [5.41, 5.74) is 0. The molecule has 5 heteroatoms. The van der Waals surface area contributed by atoms with Gasteiger partial charge in [0.05, 0.1) is 6.61 Å². The first-order chi connectivity index (χ1) is 4.37. The minimum Gasteiger partial charge on any atom is -0.395 e. The number of hydrogen-bond acceptors (Lipinski definition) is 3. The Morgan fingerprint density at radius 3 is 1.90 bits per heavy atom. The van der Waals surface area contributed by atoms with Gasteiger partial charge in [-0.05, 0) is 13.3 Å².